The number of benzene rings is 2. The number of carbonyl (C=O) groups excluding carboxylic acids is 4. The molecule has 4 rings (SSSR count). The minimum Gasteiger partial charge on any atom is -0.464 e. The molecule has 1 aromatic heterocycles. The lowest BCUT2D eigenvalue weighted by Gasteiger charge is -2.26. The summed E-state index contributed by atoms with van der Waals surface area (Å²) in [6.07, 6.45) is 4.84. The molecule has 13 nitrogen and oxygen atoms in total. The number of nitrogens with one attached hydrogen (secondary N) is 1. The van der Waals surface area contributed by atoms with Gasteiger partial charge in [-0.3, -0.25) is 19.2 Å². The fourth-order valence-corrected chi connectivity index (χ4v) is 6.38. The predicted molar refractivity (Wildman–Crippen MR) is 215 cm³/mol. The summed E-state index contributed by atoms with van der Waals surface area (Å²) in [6, 6.07) is 4.20. The second kappa shape index (κ2) is 19.5. The molecule has 57 heavy (non-hydrogen) atoms. The van der Waals surface area contributed by atoms with Crippen LogP contribution >= 0.6 is 0 Å². The van der Waals surface area contributed by atoms with Crippen molar-refractivity contribution in [2.24, 2.45) is 5.41 Å². The topological polar surface area (TPSA) is 166 Å². The molecule has 2 aromatic carbocycles. The first-order chi connectivity index (χ1) is 26.8. The number of hydrogen-bond acceptors (Lipinski definition) is 12. The number of amides is 1. The van der Waals surface area contributed by atoms with Gasteiger partial charge in [-0.1, -0.05) is 26.8 Å². The Balaban J connectivity index is 1.45. The average Bonchev–Trinajstić information content (AvgIpc) is 3.13. The summed E-state index contributed by atoms with van der Waals surface area (Å²) in [4.78, 5) is 67.6. The van der Waals surface area contributed by atoms with E-state index in [0.29, 0.717) is 48.1 Å². The Labute approximate surface area is 334 Å². The van der Waals surface area contributed by atoms with Gasteiger partial charge in [0.2, 0.25) is 11.3 Å². The van der Waals surface area contributed by atoms with E-state index in [1.807, 2.05) is 6.92 Å². The molecule has 1 aliphatic carbocycles. The van der Waals surface area contributed by atoms with Gasteiger partial charge in [-0.15, -0.1) is 0 Å². The van der Waals surface area contributed by atoms with Crippen LogP contribution in [0.1, 0.15) is 117 Å². The normalized spacial score (nSPS) is 13.5. The van der Waals surface area contributed by atoms with E-state index in [-0.39, 0.29) is 90.2 Å². The zero-order valence-corrected chi connectivity index (χ0v) is 34.9. The van der Waals surface area contributed by atoms with Gasteiger partial charge in [0.05, 0.1) is 17.6 Å². The monoisotopic (exact) mass is 791 g/mol. The van der Waals surface area contributed by atoms with Crippen molar-refractivity contribution < 1.29 is 52.0 Å². The first-order valence-electron chi connectivity index (χ1n) is 19.2. The summed E-state index contributed by atoms with van der Waals surface area (Å²) in [5.74, 6) is -0.839. The van der Waals surface area contributed by atoms with Gasteiger partial charge >= 0.3 is 5.97 Å². The molecule has 1 atom stereocenters. The second-order valence-corrected chi connectivity index (χ2v) is 16.4. The van der Waals surface area contributed by atoms with Crippen LogP contribution in [0.4, 0.5) is 0 Å². The Morgan fingerprint density at radius 2 is 1.54 bits per heavy atom. The zero-order chi connectivity index (χ0) is 42.1. The van der Waals surface area contributed by atoms with Crippen LogP contribution < -0.4 is 20.2 Å². The van der Waals surface area contributed by atoms with Gasteiger partial charge in [-0.25, -0.2) is 4.79 Å². The number of ether oxygens (including phenoxy) is 6. The molecule has 0 aliphatic heterocycles. The highest BCUT2D eigenvalue weighted by atomic mass is 16.7. The Hall–Kier alpha value is -4.85. The van der Waals surface area contributed by atoms with Crippen LogP contribution in [0, 0.1) is 19.3 Å². The maximum Gasteiger partial charge on any atom is 0.329 e. The second-order valence-electron chi connectivity index (χ2n) is 16.4. The van der Waals surface area contributed by atoms with Gasteiger partial charge in [0.15, 0.2) is 36.7 Å². The van der Waals surface area contributed by atoms with E-state index in [1.165, 1.54) is 20.5 Å². The zero-order valence-electron chi connectivity index (χ0n) is 34.9. The molecular weight excluding hydrogens is 734 g/mol. The number of esters is 1. The Morgan fingerprint density at radius 3 is 2.18 bits per heavy atom. The van der Waals surface area contributed by atoms with Crippen LogP contribution in [0.2, 0.25) is 0 Å². The number of rotatable bonds is 19. The van der Waals surface area contributed by atoms with Crippen LogP contribution in [0.15, 0.2) is 39.7 Å². The summed E-state index contributed by atoms with van der Waals surface area (Å²) >= 11 is 0. The van der Waals surface area contributed by atoms with Gasteiger partial charge in [-0.05, 0) is 101 Å². The molecule has 13 heteroatoms. The number of fused-ring (bicyclic) bond motifs is 2. The number of methoxy groups -OCH3 is 2. The van der Waals surface area contributed by atoms with Gasteiger partial charge in [0.25, 0.3) is 0 Å². The molecule has 1 heterocycles. The van der Waals surface area contributed by atoms with Crippen molar-refractivity contribution >= 4 is 40.0 Å². The standard InChI is InChI=1S/C44H57NO12/c1-26-20-36-39(41(49)31(23-54-36)29-14-13-28-21-34(55-24-51-9)35(56-25-52-10)22-30(28)40(29)48)38(27(26)2)33(46)12-11-18-53-19-16-37(47)45-32(15-17-43(3,4)5)42(50)57-44(6,7)8/h14,20-23,32H,11-13,15-19,24-25H2,1-10H3,(H,45,47)/t32-/m0/s1. The number of aryl methyl sites for hydroxylation is 1. The van der Waals surface area contributed by atoms with E-state index < -0.39 is 28.8 Å². The van der Waals surface area contributed by atoms with Crippen molar-refractivity contribution in [3.05, 3.63) is 74.1 Å². The molecule has 3 aromatic rings. The number of carbonyl (C=O) groups is 4. The molecule has 0 unspecified atom stereocenters. The molecule has 1 aliphatic rings. The largest absolute Gasteiger partial charge is 0.464 e. The van der Waals surface area contributed by atoms with Crippen LogP contribution in [0.5, 0.6) is 11.5 Å². The number of hydrogen-bond donors (Lipinski definition) is 1. The first-order valence-corrected chi connectivity index (χ1v) is 19.2. The van der Waals surface area contributed by atoms with Gasteiger partial charge in [0, 0.05) is 50.4 Å². The molecule has 1 amide bonds. The fraction of sp³-hybridized carbons (Fsp3) is 0.523. The summed E-state index contributed by atoms with van der Waals surface area (Å²) in [5, 5.41) is 2.91. The summed E-state index contributed by atoms with van der Waals surface area (Å²) in [5.41, 5.74) is 1.89. The van der Waals surface area contributed by atoms with Gasteiger partial charge in [-0.2, -0.15) is 0 Å². The Kier molecular flexibility index (Phi) is 15.4. The highest BCUT2D eigenvalue weighted by Crippen LogP contribution is 2.37. The number of allylic oxidation sites excluding steroid dienone is 2. The fourth-order valence-electron chi connectivity index (χ4n) is 6.38. The quantitative estimate of drug-likeness (QED) is 0.0562. The minimum atomic E-state index is -0.773. The molecule has 0 fully saturated rings. The summed E-state index contributed by atoms with van der Waals surface area (Å²) in [7, 11) is 2.96. The number of Topliss-reactive ketones (excluding diaryl/α,β-unsaturated/α-hetero) is 2. The molecule has 310 valence electrons. The highest BCUT2D eigenvalue weighted by molar-refractivity contribution is 6.30. The van der Waals surface area contributed by atoms with Crippen molar-refractivity contribution in [3.8, 4) is 11.5 Å². The molecule has 0 saturated heterocycles. The van der Waals surface area contributed by atoms with Crippen molar-refractivity contribution in [3.63, 3.8) is 0 Å². The van der Waals surface area contributed by atoms with Crippen molar-refractivity contribution in [2.75, 3.05) is 41.0 Å². The SMILES string of the molecule is COCOc1cc2c(cc1OCOC)C(=O)C(c1coc3cc(C)c(C)c(C(=O)CCCOCCC(=O)N[C@@H](CCC(C)(C)C)C(=O)OC(C)(C)C)c3c1=O)=CC2. The Bertz CT molecular complexity index is 2050. The van der Waals surface area contributed by atoms with E-state index in [9.17, 15) is 24.0 Å². The van der Waals surface area contributed by atoms with Crippen molar-refractivity contribution in [2.45, 2.75) is 106 Å². The molecule has 0 bridgehead atoms. The highest BCUT2D eigenvalue weighted by Gasteiger charge is 2.30. The average molecular weight is 792 g/mol. The van der Waals surface area contributed by atoms with E-state index in [1.54, 1.807) is 52.0 Å². The maximum atomic E-state index is 14.2. The van der Waals surface area contributed by atoms with Crippen molar-refractivity contribution in [1.29, 1.82) is 0 Å². The van der Waals surface area contributed by atoms with Gasteiger partial charge in [0.1, 0.15) is 23.5 Å². The minimum absolute atomic E-state index is 0.0253. The van der Waals surface area contributed by atoms with Crippen LogP contribution in [0.3, 0.4) is 0 Å². The third kappa shape index (κ3) is 12.1. The summed E-state index contributed by atoms with van der Waals surface area (Å²) in [6.45, 7) is 15.3. The third-order valence-electron chi connectivity index (χ3n) is 9.38. The lowest BCUT2D eigenvalue weighted by molar-refractivity contribution is -0.159. The van der Waals surface area contributed by atoms with Crippen LogP contribution in [0.25, 0.3) is 16.5 Å². The molecule has 1 N–H and O–H groups in total. The Morgan fingerprint density at radius 1 is 0.877 bits per heavy atom. The maximum absolute atomic E-state index is 14.2. The van der Waals surface area contributed by atoms with E-state index in [0.717, 1.165) is 5.56 Å². The van der Waals surface area contributed by atoms with E-state index in [2.05, 4.69) is 26.1 Å². The van der Waals surface area contributed by atoms with Crippen LogP contribution in [-0.2, 0) is 35.0 Å². The lowest BCUT2D eigenvalue weighted by Crippen LogP contribution is -2.44. The summed E-state index contributed by atoms with van der Waals surface area (Å²) < 4.78 is 38.6. The number of ketones is 2. The smallest absolute Gasteiger partial charge is 0.329 e. The first kappa shape index (κ1) is 44.9. The molecular formula is C44H57NO12. The van der Waals surface area contributed by atoms with Gasteiger partial charge < -0.3 is 38.2 Å². The molecule has 0 spiro atoms. The third-order valence-corrected chi connectivity index (χ3v) is 9.38. The predicted octanol–water partition coefficient (Wildman–Crippen LogP) is 7.22. The van der Waals surface area contributed by atoms with E-state index in [4.69, 9.17) is 32.8 Å². The lowest BCUT2D eigenvalue weighted by atomic mass is 9.86. The molecule has 0 saturated carbocycles. The molecule has 0 radical (unpaired) electrons. The van der Waals surface area contributed by atoms with Crippen LogP contribution in [-0.4, -0.2) is 76.1 Å². The van der Waals surface area contributed by atoms with E-state index >= 15 is 0 Å². The van der Waals surface area contributed by atoms with Crippen molar-refractivity contribution in [1.82, 2.24) is 5.32 Å².